The number of halogens is 1. The molecule has 1 aromatic heterocycles. The van der Waals surface area contributed by atoms with E-state index in [-0.39, 0.29) is 23.7 Å². The third-order valence-corrected chi connectivity index (χ3v) is 8.36. The normalized spacial score (nSPS) is 20.1. The third kappa shape index (κ3) is 4.92. The van der Waals surface area contributed by atoms with Crippen molar-refractivity contribution in [2.75, 3.05) is 27.3 Å². The lowest BCUT2D eigenvalue weighted by Gasteiger charge is -2.33. The first kappa shape index (κ1) is 25.6. The molecule has 6 nitrogen and oxygen atoms in total. The smallest absolute Gasteiger partial charge is 0.323 e. The molecule has 2 aliphatic rings. The molecule has 6 rings (SSSR count). The van der Waals surface area contributed by atoms with Gasteiger partial charge in [0, 0.05) is 35.1 Å². The van der Waals surface area contributed by atoms with Gasteiger partial charge in [0.15, 0.2) is 0 Å². The number of likely N-dealkylation sites (tertiary alicyclic amines) is 1. The van der Waals surface area contributed by atoms with E-state index in [4.69, 9.17) is 9.47 Å². The van der Waals surface area contributed by atoms with Crippen molar-refractivity contribution in [3.05, 3.63) is 100 Å². The molecule has 3 heterocycles. The second kappa shape index (κ2) is 10.8. The van der Waals surface area contributed by atoms with Crippen LogP contribution in [0.2, 0.25) is 0 Å². The van der Waals surface area contributed by atoms with Crippen LogP contribution in [-0.4, -0.2) is 49.2 Å². The number of fused-ring (bicyclic) bond motifs is 3. The summed E-state index contributed by atoms with van der Waals surface area (Å²) in [4.78, 5) is 18.7. The largest absolute Gasteiger partial charge is 0.496 e. The number of methoxy groups -OCH3 is 2. The highest BCUT2D eigenvalue weighted by atomic mass is 19.1. The van der Waals surface area contributed by atoms with Crippen molar-refractivity contribution in [2.24, 2.45) is 0 Å². The summed E-state index contributed by atoms with van der Waals surface area (Å²) in [5.41, 5.74) is 6.28. The van der Waals surface area contributed by atoms with Crippen LogP contribution in [0.25, 0.3) is 10.9 Å². The molecule has 0 bridgehead atoms. The predicted molar refractivity (Wildman–Crippen MR) is 149 cm³/mol. The van der Waals surface area contributed by atoms with Gasteiger partial charge in [-0.25, -0.2) is 4.39 Å². The van der Waals surface area contributed by atoms with E-state index in [1.807, 2.05) is 30.3 Å². The molecule has 4 aromatic rings. The van der Waals surface area contributed by atoms with Gasteiger partial charge in [-0.05, 0) is 72.8 Å². The Morgan fingerprint density at radius 3 is 2.56 bits per heavy atom. The molecule has 7 heteroatoms. The Morgan fingerprint density at radius 1 is 1.03 bits per heavy atom. The Hall–Kier alpha value is -3.68. The van der Waals surface area contributed by atoms with E-state index >= 15 is 0 Å². The number of H-pyrrole nitrogens is 1. The van der Waals surface area contributed by atoms with Gasteiger partial charge in [0.05, 0.1) is 20.3 Å². The average molecular weight is 528 g/mol. The van der Waals surface area contributed by atoms with Gasteiger partial charge in [-0.15, -0.1) is 0 Å². The number of nitrogens with zero attached hydrogens (tertiary/aromatic N) is 1. The van der Waals surface area contributed by atoms with Crippen molar-refractivity contribution < 1.29 is 18.7 Å². The van der Waals surface area contributed by atoms with Crippen LogP contribution in [-0.2, 0) is 22.5 Å². The Morgan fingerprint density at radius 2 is 1.79 bits per heavy atom. The summed E-state index contributed by atoms with van der Waals surface area (Å²) in [6, 6.07) is 21.0. The summed E-state index contributed by atoms with van der Waals surface area (Å²) in [5, 5.41) is 4.68. The molecule has 3 aromatic carbocycles. The number of para-hydroxylation sites is 1. The van der Waals surface area contributed by atoms with Crippen LogP contribution in [0.5, 0.6) is 5.75 Å². The van der Waals surface area contributed by atoms with Gasteiger partial charge in [0.1, 0.15) is 17.6 Å². The molecule has 0 radical (unpaired) electrons. The quantitative estimate of drug-likeness (QED) is 0.326. The highest BCUT2D eigenvalue weighted by Crippen LogP contribution is 2.37. The Bertz CT molecular complexity index is 1490. The zero-order chi connectivity index (χ0) is 26.9. The summed E-state index contributed by atoms with van der Waals surface area (Å²) in [7, 11) is 3.13. The first-order chi connectivity index (χ1) is 19.1. The van der Waals surface area contributed by atoms with Gasteiger partial charge >= 0.3 is 5.97 Å². The van der Waals surface area contributed by atoms with E-state index in [9.17, 15) is 9.18 Å². The van der Waals surface area contributed by atoms with Crippen LogP contribution < -0.4 is 10.1 Å². The van der Waals surface area contributed by atoms with E-state index in [1.165, 1.54) is 7.11 Å². The number of carbonyl (C=O) groups excluding carboxylic acids is 1. The fourth-order valence-electron chi connectivity index (χ4n) is 6.34. The highest BCUT2D eigenvalue weighted by molar-refractivity contribution is 5.87. The topological polar surface area (TPSA) is 66.6 Å². The lowest BCUT2D eigenvalue weighted by molar-refractivity contribution is -0.143. The molecule has 0 aliphatic carbocycles. The zero-order valence-electron chi connectivity index (χ0n) is 22.4. The number of nitrogens with one attached hydrogen (secondary N) is 2. The van der Waals surface area contributed by atoms with Gasteiger partial charge in [0.25, 0.3) is 0 Å². The van der Waals surface area contributed by atoms with Crippen LogP contribution in [0.3, 0.4) is 0 Å². The van der Waals surface area contributed by atoms with Gasteiger partial charge in [-0.2, -0.15) is 0 Å². The van der Waals surface area contributed by atoms with Crippen molar-refractivity contribution in [1.82, 2.24) is 15.2 Å². The maximum Gasteiger partial charge on any atom is 0.323 e. The molecule has 2 unspecified atom stereocenters. The minimum atomic E-state index is -0.435. The molecule has 2 aliphatic heterocycles. The zero-order valence-corrected chi connectivity index (χ0v) is 22.4. The molecule has 1 saturated heterocycles. The van der Waals surface area contributed by atoms with Gasteiger partial charge in [-0.1, -0.05) is 42.5 Å². The van der Waals surface area contributed by atoms with Crippen LogP contribution in [0.15, 0.2) is 66.7 Å². The molecule has 0 saturated carbocycles. The average Bonchev–Trinajstić information content (AvgIpc) is 3.36. The third-order valence-electron chi connectivity index (χ3n) is 8.36. The number of aromatic amines is 1. The molecule has 2 N–H and O–H groups in total. The van der Waals surface area contributed by atoms with Crippen molar-refractivity contribution in [3.8, 4) is 5.75 Å². The summed E-state index contributed by atoms with van der Waals surface area (Å²) < 4.78 is 25.2. The number of benzene rings is 3. The van der Waals surface area contributed by atoms with Crippen LogP contribution >= 0.6 is 0 Å². The molecule has 2 atom stereocenters. The molecular formula is C32H34FN3O3. The number of rotatable bonds is 6. The van der Waals surface area contributed by atoms with Crippen LogP contribution in [0.1, 0.15) is 52.7 Å². The monoisotopic (exact) mass is 527 g/mol. The van der Waals surface area contributed by atoms with Crippen molar-refractivity contribution in [2.45, 2.75) is 43.8 Å². The molecule has 0 spiro atoms. The molecule has 1 fully saturated rings. The minimum Gasteiger partial charge on any atom is -0.496 e. The van der Waals surface area contributed by atoms with E-state index in [1.54, 1.807) is 19.2 Å². The number of aromatic nitrogens is 1. The maximum absolute atomic E-state index is 14.3. The number of ether oxygens (including phenoxy) is 2. The van der Waals surface area contributed by atoms with E-state index in [0.717, 1.165) is 77.1 Å². The van der Waals surface area contributed by atoms with E-state index < -0.39 is 6.04 Å². The standard InChI is InChI=1S/C32H34FN3O3/c1-38-29-12-11-21(17-22(29)19-36-15-13-20(14-16-36)23-7-3-5-9-26(23)33)30-31-25(18-28(35-30)32(37)39-2)24-8-4-6-10-27(24)34-31/h3-12,17,20,28,30,34-35H,13-16,18-19H2,1-2H3. The fourth-order valence-corrected chi connectivity index (χ4v) is 6.34. The Kier molecular flexibility index (Phi) is 7.11. The molecular weight excluding hydrogens is 493 g/mol. The summed E-state index contributed by atoms with van der Waals surface area (Å²) in [5.74, 6) is 0.722. The first-order valence-corrected chi connectivity index (χ1v) is 13.6. The van der Waals surface area contributed by atoms with Gasteiger partial charge in [0.2, 0.25) is 0 Å². The van der Waals surface area contributed by atoms with Crippen molar-refractivity contribution >= 4 is 16.9 Å². The summed E-state index contributed by atoms with van der Waals surface area (Å²) >= 11 is 0. The van der Waals surface area contributed by atoms with E-state index in [0.29, 0.717) is 6.42 Å². The lowest BCUT2D eigenvalue weighted by atomic mass is 9.88. The predicted octanol–water partition coefficient (Wildman–Crippen LogP) is 5.47. The number of carbonyl (C=O) groups is 1. The van der Waals surface area contributed by atoms with Crippen LogP contribution in [0.4, 0.5) is 4.39 Å². The molecule has 0 amide bonds. The number of esters is 1. The minimum absolute atomic E-state index is 0.105. The number of hydrogen-bond donors (Lipinski definition) is 2. The van der Waals surface area contributed by atoms with Gasteiger partial charge in [-0.3, -0.25) is 15.0 Å². The second-order valence-electron chi connectivity index (χ2n) is 10.6. The first-order valence-electron chi connectivity index (χ1n) is 13.6. The number of hydrogen-bond acceptors (Lipinski definition) is 5. The fraction of sp³-hybridized carbons (Fsp3) is 0.344. The molecule has 39 heavy (non-hydrogen) atoms. The summed E-state index contributed by atoms with van der Waals surface area (Å²) in [6.07, 6.45) is 2.42. The molecule has 202 valence electrons. The van der Waals surface area contributed by atoms with Crippen molar-refractivity contribution in [1.29, 1.82) is 0 Å². The van der Waals surface area contributed by atoms with Crippen LogP contribution in [0, 0.1) is 5.82 Å². The van der Waals surface area contributed by atoms with Crippen molar-refractivity contribution in [3.63, 3.8) is 0 Å². The Labute approximate surface area is 228 Å². The van der Waals surface area contributed by atoms with Gasteiger partial charge < -0.3 is 14.5 Å². The Balaban J connectivity index is 1.27. The lowest BCUT2D eigenvalue weighted by Crippen LogP contribution is -2.45. The second-order valence-corrected chi connectivity index (χ2v) is 10.6. The highest BCUT2D eigenvalue weighted by Gasteiger charge is 2.35. The summed E-state index contributed by atoms with van der Waals surface area (Å²) in [6.45, 7) is 2.53. The maximum atomic E-state index is 14.3. The van der Waals surface area contributed by atoms with E-state index in [2.05, 4.69) is 39.5 Å². The SMILES string of the molecule is COC(=O)C1Cc2c([nH]c3ccccc23)C(c2ccc(OC)c(CN3CCC(c4ccccc4F)CC3)c2)N1. The number of piperidine rings is 1.